The lowest BCUT2D eigenvalue weighted by atomic mass is 10.2. The predicted molar refractivity (Wildman–Crippen MR) is 90.0 cm³/mol. The largest absolute Gasteiger partial charge is 0.459 e. The molecule has 0 bridgehead atoms. The number of benzene rings is 1. The zero-order chi connectivity index (χ0) is 15.5. The lowest BCUT2D eigenvalue weighted by molar-refractivity contribution is 0.452. The van der Waals surface area contributed by atoms with E-state index >= 15 is 0 Å². The van der Waals surface area contributed by atoms with Crippen molar-refractivity contribution < 1.29 is 8.63 Å². The summed E-state index contributed by atoms with van der Waals surface area (Å²) >= 11 is 0. The number of hydrogen-bond acceptors (Lipinski definition) is 3. The molecule has 2 atom stereocenters. The van der Waals surface area contributed by atoms with Crippen LogP contribution in [0, 0.1) is 0 Å². The van der Waals surface area contributed by atoms with Crippen molar-refractivity contribution >= 4 is 21.8 Å². The first-order valence-electron chi connectivity index (χ1n) is 7.52. The van der Waals surface area contributed by atoms with E-state index < -0.39 is 10.8 Å². The Hall–Kier alpha value is -1.13. The van der Waals surface area contributed by atoms with Crippen LogP contribution in [0.5, 0.6) is 0 Å². The van der Waals surface area contributed by atoms with Crippen molar-refractivity contribution in [3.8, 4) is 0 Å². The predicted octanol–water partition coefficient (Wildman–Crippen LogP) is 4.02. The fraction of sp³-hybridized carbons (Fsp3) is 0.529. The summed E-state index contributed by atoms with van der Waals surface area (Å²) in [7, 11) is -0.916. The molecule has 1 aromatic carbocycles. The van der Waals surface area contributed by atoms with Crippen molar-refractivity contribution in [1.29, 1.82) is 0 Å². The van der Waals surface area contributed by atoms with Crippen molar-refractivity contribution in [2.24, 2.45) is 0 Å². The van der Waals surface area contributed by atoms with Crippen LogP contribution in [0.3, 0.4) is 0 Å². The molecule has 1 N–H and O–H groups in total. The Balaban J connectivity index is 2.24. The zero-order valence-electron chi connectivity index (χ0n) is 13.3. The third kappa shape index (κ3) is 4.17. The van der Waals surface area contributed by atoms with Gasteiger partial charge in [0, 0.05) is 26.7 Å². The van der Waals surface area contributed by atoms with Crippen LogP contribution in [0.1, 0.15) is 45.9 Å². The molecule has 0 aliphatic heterocycles. The molecule has 0 fully saturated rings. The molecule has 0 spiro atoms. The Bertz CT molecular complexity index is 580. The van der Waals surface area contributed by atoms with Gasteiger partial charge in [-0.25, -0.2) is 0 Å². The molecule has 0 saturated heterocycles. The smallest absolute Gasteiger partial charge is 0.134 e. The standard InChI is InChI=1S/C17H25NO2S/c1-5-10-18-14(12-21(19)17(2,3)4)16-11-13-8-6-7-9-15(13)20-16/h6-9,11,14,18H,5,10,12H2,1-4H3. The molecule has 2 aromatic rings. The maximum absolute atomic E-state index is 12.5. The summed E-state index contributed by atoms with van der Waals surface area (Å²) in [5.41, 5.74) is 0.886. The molecule has 1 heterocycles. The number of hydrogen-bond donors (Lipinski definition) is 1. The van der Waals surface area contributed by atoms with E-state index in [-0.39, 0.29) is 10.8 Å². The molecule has 0 saturated carbocycles. The van der Waals surface area contributed by atoms with Crippen molar-refractivity contribution in [3.63, 3.8) is 0 Å². The first kappa shape index (κ1) is 16.2. The van der Waals surface area contributed by atoms with Crippen LogP contribution in [-0.2, 0) is 10.8 Å². The second kappa shape index (κ2) is 6.75. The number of rotatable bonds is 6. The van der Waals surface area contributed by atoms with E-state index in [4.69, 9.17) is 4.42 Å². The van der Waals surface area contributed by atoms with Crippen molar-refractivity contribution in [2.75, 3.05) is 12.3 Å². The van der Waals surface area contributed by atoms with Gasteiger partial charge in [0.2, 0.25) is 0 Å². The number of furan rings is 1. The Morgan fingerprint density at radius 3 is 2.62 bits per heavy atom. The summed E-state index contributed by atoms with van der Waals surface area (Å²) in [5, 5.41) is 4.56. The molecule has 0 radical (unpaired) electrons. The second-order valence-electron chi connectivity index (χ2n) is 6.32. The van der Waals surface area contributed by atoms with Crippen LogP contribution >= 0.6 is 0 Å². The highest BCUT2D eigenvalue weighted by molar-refractivity contribution is 7.86. The van der Waals surface area contributed by atoms with Crippen molar-refractivity contribution in [2.45, 2.75) is 44.9 Å². The van der Waals surface area contributed by atoms with Crippen LogP contribution in [-0.4, -0.2) is 21.3 Å². The average Bonchev–Trinajstić information content (AvgIpc) is 2.85. The highest BCUT2D eigenvalue weighted by Gasteiger charge is 2.25. The van der Waals surface area contributed by atoms with Crippen molar-refractivity contribution in [3.05, 3.63) is 36.1 Å². The molecule has 2 rings (SSSR count). The number of nitrogens with one attached hydrogen (secondary N) is 1. The highest BCUT2D eigenvalue weighted by Crippen LogP contribution is 2.26. The molecule has 21 heavy (non-hydrogen) atoms. The Labute approximate surface area is 129 Å². The Morgan fingerprint density at radius 1 is 1.29 bits per heavy atom. The van der Waals surface area contributed by atoms with Crippen LogP contribution in [0.2, 0.25) is 0 Å². The van der Waals surface area contributed by atoms with Gasteiger partial charge in [0.05, 0.1) is 6.04 Å². The molecule has 0 aliphatic rings. The zero-order valence-corrected chi connectivity index (χ0v) is 14.1. The third-order valence-corrected chi connectivity index (χ3v) is 5.43. The normalized spacial score (nSPS) is 15.2. The molecule has 116 valence electrons. The van der Waals surface area contributed by atoms with E-state index in [0.717, 1.165) is 29.7 Å². The fourth-order valence-electron chi connectivity index (χ4n) is 2.14. The van der Waals surface area contributed by atoms with Gasteiger partial charge in [-0.2, -0.15) is 0 Å². The number of fused-ring (bicyclic) bond motifs is 1. The van der Waals surface area contributed by atoms with E-state index in [1.807, 2.05) is 45.0 Å². The van der Waals surface area contributed by atoms with Gasteiger partial charge >= 0.3 is 0 Å². The SMILES string of the molecule is CCCNC(CS(=O)C(C)(C)C)c1cc2ccccc2o1. The van der Waals surface area contributed by atoms with Crippen LogP contribution in [0.15, 0.2) is 34.7 Å². The molecule has 0 aliphatic carbocycles. The number of para-hydroxylation sites is 1. The van der Waals surface area contributed by atoms with Gasteiger partial charge in [-0.15, -0.1) is 0 Å². The average molecular weight is 307 g/mol. The summed E-state index contributed by atoms with van der Waals surface area (Å²) in [6, 6.07) is 10.0. The Kier molecular flexibility index (Phi) is 5.22. The van der Waals surface area contributed by atoms with Crippen LogP contribution < -0.4 is 5.32 Å². The quantitative estimate of drug-likeness (QED) is 0.876. The lowest BCUT2D eigenvalue weighted by Gasteiger charge is -2.22. The monoisotopic (exact) mass is 307 g/mol. The summed E-state index contributed by atoms with van der Waals surface area (Å²) in [6.07, 6.45) is 1.04. The van der Waals surface area contributed by atoms with Gasteiger partial charge < -0.3 is 9.73 Å². The maximum Gasteiger partial charge on any atom is 0.134 e. The Morgan fingerprint density at radius 2 is 2.00 bits per heavy atom. The first-order valence-corrected chi connectivity index (χ1v) is 8.84. The van der Waals surface area contributed by atoms with Crippen LogP contribution in [0.4, 0.5) is 0 Å². The second-order valence-corrected chi connectivity index (χ2v) is 8.57. The topological polar surface area (TPSA) is 42.2 Å². The minimum Gasteiger partial charge on any atom is -0.459 e. The highest BCUT2D eigenvalue weighted by atomic mass is 32.2. The van der Waals surface area contributed by atoms with E-state index in [0.29, 0.717) is 5.75 Å². The molecular weight excluding hydrogens is 282 g/mol. The molecule has 2 unspecified atom stereocenters. The molecule has 4 heteroatoms. The first-order chi connectivity index (χ1) is 9.91. The van der Waals surface area contributed by atoms with E-state index in [9.17, 15) is 4.21 Å². The minimum absolute atomic E-state index is 0.00240. The van der Waals surface area contributed by atoms with Crippen LogP contribution in [0.25, 0.3) is 11.0 Å². The molecule has 0 amide bonds. The van der Waals surface area contributed by atoms with Gasteiger partial charge in [0.25, 0.3) is 0 Å². The van der Waals surface area contributed by atoms with E-state index in [1.165, 1.54) is 0 Å². The summed E-state index contributed by atoms with van der Waals surface area (Å²) in [6.45, 7) is 9.06. The van der Waals surface area contributed by atoms with Gasteiger partial charge in [-0.05, 0) is 45.9 Å². The molecular formula is C17H25NO2S. The maximum atomic E-state index is 12.5. The van der Waals surface area contributed by atoms with Crippen molar-refractivity contribution in [1.82, 2.24) is 5.32 Å². The van der Waals surface area contributed by atoms with Gasteiger partial charge in [-0.1, -0.05) is 25.1 Å². The van der Waals surface area contributed by atoms with E-state index in [1.54, 1.807) is 0 Å². The van der Waals surface area contributed by atoms with Gasteiger partial charge in [-0.3, -0.25) is 4.21 Å². The minimum atomic E-state index is -0.916. The molecule has 3 nitrogen and oxygen atoms in total. The van der Waals surface area contributed by atoms with Gasteiger partial charge in [0.1, 0.15) is 11.3 Å². The van der Waals surface area contributed by atoms with E-state index in [2.05, 4.69) is 18.3 Å². The lowest BCUT2D eigenvalue weighted by Crippen LogP contribution is -2.32. The molecule has 1 aromatic heterocycles. The fourth-order valence-corrected chi connectivity index (χ4v) is 3.22. The van der Waals surface area contributed by atoms with Gasteiger partial charge in [0.15, 0.2) is 0 Å². The summed E-state index contributed by atoms with van der Waals surface area (Å²) in [5.74, 6) is 1.45. The summed E-state index contributed by atoms with van der Waals surface area (Å²) in [4.78, 5) is 0. The third-order valence-electron chi connectivity index (χ3n) is 3.43. The summed E-state index contributed by atoms with van der Waals surface area (Å²) < 4.78 is 18.2.